The maximum absolute atomic E-state index is 11.7. The van der Waals surface area contributed by atoms with Gasteiger partial charge in [-0.3, -0.25) is 9.78 Å². The summed E-state index contributed by atoms with van der Waals surface area (Å²) in [6.07, 6.45) is 10.7. The van der Waals surface area contributed by atoms with Gasteiger partial charge in [-0.15, -0.1) is 23.3 Å². The second kappa shape index (κ2) is 14.1. The van der Waals surface area contributed by atoms with Gasteiger partial charge in [0.2, 0.25) is 0 Å². The van der Waals surface area contributed by atoms with Gasteiger partial charge in [0.25, 0.3) is 0 Å². The fourth-order valence-electron chi connectivity index (χ4n) is 6.20. The number of carbonyl (C=O) groups is 1. The van der Waals surface area contributed by atoms with Gasteiger partial charge in [-0.1, -0.05) is 84.4 Å². The minimum Gasteiger partial charge on any atom is -0.512 e. The predicted octanol–water partition coefficient (Wildman–Crippen LogP) is 9.88. The Kier molecular flexibility index (Phi) is 11.3. The third-order valence-corrected chi connectivity index (χ3v) is 8.92. The summed E-state index contributed by atoms with van der Waals surface area (Å²) in [5, 5.41) is 14.7. The van der Waals surface area contributed by atoms with E-state index in [2.05, 4.69) is 69.1 Å². The van der Waals surface area contributed by atoms with Crippen molar-refractivity contribution in [2.45, 2.75) is 92.4 Å². The number of aromatic nitrogens is 2. The average molecular weight is 742 g/mol. The Bertz CT molecular complexity index is 1580. The SMILES string of the molecule is CC(C)c1cc2c3c(nccc3c1)-c1[c-]cc3ccncc3c1C2(C)C.CCC(CC)C(=O)/C=C(\O)C(CC)CC.[Ir]. The number of carbonyl (C=O) groups excluding carboxylic acids is 1. The molecule has 1 aliphatic rings. The van der Waals surface area contributed by atoms with Crippen LogP contribution in [0.25, 0.3) is 32.8 Å². The molecule has 0 saturated carbocycles. The molecule has 1 aliphatic carbocycles. The summed E-state index contributed by atoms with van der Waals surface area (Å²) >= 11 is 0. The van der Waals surface area contributed by atoms with Crippen molar-refractivity contribution in [3.05, 3.63) is 83.5 Å². The number of pyridine rings is 2. The van der Waals surface area contributed by atoms with Crippen LogP contribution in [0.5, 0.6) is 0 Å². The summed E-state index contributed by atoms with van der Waals surface area (Å²) in [7, 11) is 0. The molecule has 4 nitrogen and oxygen atoms in total. The number of aliphatic hydroxyl groups is 1. The number of ketones is 1. The zero-order valence-corrected chi connectivity index (χ0v) is 28.7. The number of hydrogen-bond acceptors (Lipinski definition) is 4. The van der Waals surface area contributed by atoms with E-state index >= 15 is 0 Å². The second-order valence-electron chi connectivity index (χ2n) is 12.1. The smallest absolute Gasteiger partial charge is 0.162 e. The molecule has 0 bridgehead atoms. The minimum absolute atomic E-state index is 0. The third kappa shape index (κ3) is 6.38. The van der Waals surface area contributed by atoms with Gasteiger partial charge in [0.15, 0.2) is 5.78 Å². The molecule has 1 radical (unpaired) electrons. The first-order valence-electron chi connectivity index (χ1n) is 15.3. The van der Waals surface area contributed by atoms with Crippen molar-refractivity contribution in [2.24, 2.45) is 11.8 Å². The third-order valence-electron chi connectivity index (χ3n) is 8.92. The van der Waals surface area contributed by atoms with E-state index in [0.29, 0.717) is 5.92 Å². The number of aliphatic hydroxyl groups excluding tert-OH is 1. The summed E-state index contributed by atoms with van der Waals surface area (Å²) in [5.41, 5.74) is 6.06. The molecule has 0 saturated heterocycles. The summed E-state index contributed by atoms with van der Waals surface area (Å²) in [5.74, 6) is 1.04. The first kappa shape index (κ1) is 33.6. The van der Waals surface area contributed by atoms with Gasteiger partial charge in [-0.25, -0.2) is 0 Å². The van der Waals surface area contributed by atoms with Crippen LogP contribution in [-0.4, -0.2) is 20.9 Å². The Morgan fingerprint density at radius 2 is 1.62 bits per heavy atom. The molecule has 0 spiro atoms. The Hall–Kier alpha value is -2.88. The van der Waals surface area contributed by atoms with Gasteiger partial charge in [0.1, 0.15) is 0 Å². The Morgan fingerprint density at radius 3 is 2.24 bits per heavy atom. The number of nitrogens with zero attached hydrogens (tertiary/aromatic N) is 2. The van der Waals surface area contributed by atoms with Crippen LogP contribution in [0.3, 0.4) is 0 Å². The molecule has 0 atom stereocenters. The monoisotopic (exact) mass is 742 g/mol. The molecule has 0 unspecified atom stereocenters. The average Bonchev–Trinajstić information content (AvgIpc) is 2.96. The summed E-state index contributed by atoms with van der Waals surface area (Å²) in [6.45, 7) is 17.2. The van der Waals surface area contributed by atoms with Crippen LogP contribution in [0, 0.1) is 17.9 Å². The van der Waals surface area contributed by atoms with Crippen LogP contribution in [0.15, 0.2) is 60.8 Å². The minimum atomic E-state index is -0.131. The molecule has 5 heteroatoms. The molecule has 4 aromatic rings. The summed E-state index contributed by atoms with van der Waals surface area (Å²) in [4.78, 5) is 20.9. The van der Waals surface area contributed by atoms with Gasteiger partial charge in [0.05, 0.1) is 5.76 Å². The first-order chi connectivity index (χ1) is 19.6. The van der Waals surface area contributed by atoms with Crippen molar-refractivity contribution in [1.82, 2.24) is 9.97 Å². The Morgan fingerprint density at radius 1 is 0.976 bits per heavy atom. The molecule has 42 heavy (non-hydrogen) atoms. The van der Waals surface area contributed by atoms with Crippen molar-refractivity contribution in [3.63, 3.8) is 0 Å². The van der Waals surface area contributed by atoms with Crippen LogP contribution in [-0.2, 0) is 30.3 Å². The zero-order chi connectivity index (χ0) is 29.9. The molecule has 225 valence electrons. The maximum atomic E-state index is 11.7. The van der Waals surface area contributed by atoms with Gasteiger partial charge in [-0.2, -0.15) is 0 Å². The summed E-state index contributed by atoms with van der Waals surface area (Å²) < 4.78 is 0. The number of benzene rings is 2. The number of hydrogen-bond donors (Lipinski definition) is 1. The second-order valence-corrected chi connectivity index (χ2v) is 12.1. The molecule has 2 heterocycles. The normalized spacial score (nSPS) is 13.6. The van der Waals surface area contributed by atoms with E-state index in [0.717, 1.165) is 36.9 Å². The Labute approximate surface area is 265 Å². The molecule has 1 N–H and O–H groups in total. The van der Waals surface area contributed by atoms with Crippen LogP contribution < -0.4 is 0 Å². The number of allylic oxidation sites excluding steroid dienone is 2. The fraction of sp³-hybridized carbons (Fsp3) is 0.432. The molecule has 2 aromatic carbocycles. The Balaban J connectivity index is 0.000000263. The van der Waals surface area contributed by atoms with E-state index in [-0.39, 0.29) is 48.9 Å². The largest absolute Gasteiger partial charge is 0.512 e. The van der Waals surface area contributed by atoms with Crippen molar-refractivity contribution < 1.29 is 30.0 Å². The van der Waals surface area contributed by atoms with Crippen molar-refractivity contribution >= 4 is 27.3 Å². The van der Waals surface area contributed by atoms with Crippen LogP contribution in [0.1, 0.15) is 104 Å². The maximum Gasteiger partial charge on any atom is 0.162 e. The molecule has 0 fully saturated rings. The van der Waals surface area contributed by atoms with Gasteiger partial charge in [-0.05, 0) is 70.7 Å². The van der Waals surface area contributed by atoms with E-state index in [1.165, 1.54) is 44.3 Å². The van der Waals surface area contributed by atoms with Crippen molar-refractivity contribution in [2.75, 3.05) is 0 Å². The number of rotatable bonds is 8. The quantitative estimate of drug-likeness (QED) is 0.111. The van der Waals surface area contributed by atoms with Crippen LogP contribution in [0.2, 0.25) is 0 Å². The van der Waals surface area contributed by atoms with E-state index in [9.17, 15) is 9.90 Å². The topological polar surface area (TPSA) is 63.1 Å². The van der Waals surface area contributed by atoms with Gasteiger partial charge >= 0.3 is 0 Å². The predicted molar refractivity (Wildman–Crippen MR) is 171 cm³/mol. The molecular weight excluding hydrogens is 697 g/mol. The molecule has 5 rings (SSSR count). The number of fused-ring (bicyclic) bond motifs is 4. The standard InChI is InChI=1S/C24H21N2.C13H24O2.Ir/c1-14(2)17-11-16-8-10-26-23-18-6-5-15-7-9-25-13-19(15)22(18)24(3,4)20(12-17)21(16)23;1-5-10(6-2)12(14)9-13(15)11(7-3)8-4;/h5,7-14H,1-4H3;9-11,14H,5-8H2,1-4H3;/q-1;;/b;12-9-;. The van der Waals surface area contributed by atoms with Crippen LogP contribution in [0.4, 0.5) is 0 Å². The molecule has 2 aromatic heterocycles. The van der Waals surface area contributed by atoms with E-state index in [4.69, 9.17) is 4.98 Å². The fourth-order valence-corrected chi connectivity index (χ4v) is 6.20. The van der Waals surface area contributed by atoms with Crippen molar-refractivity contribution in [3.8, 4) is 11.3 Å². The zero-order valence-electron chi connectivity index (χ0n) is 26.3. The molecule has 0 aliphatic heterocycles. The molecular formula is C37H45IrN2O2-. The van der Waals surface area contributed by atoms with Gasteiger partial charge < -0.3 is 10.1 Å². The first-order valence-corrected chi connectivity index (χ1v) is 15.3. The van der Waals surface area contributed by atoms with E-state index in [1.54, 1.807) is 0 Å². The van der Waals surface area contributed by atoms with Crippen LogP contribution >= 0.6 is 0 Å². The van der Waals surface area contributed by atoms with E-state index in [1.807, 2.05) is 46.3 Å². The summed E-state index contributed by atoms with van der Waals surface area (Å²) in [6, 6.07) is 14.5. The van der Waals surface area contributed by atoms with Crippen molar-refractivity contribution in [1.29, 1.82) is 0 Å². The van der Waals surface area contributed by atoms with Gasteiger partial charge in [0, 0.05) is 56.6 Å². The van der Waals surface area contributed by atoms with E-state index < -0.39 is 0 Å². The molecule has 0 amide bonds.